The van der Waals surface area contributed by atoms with E-state index >= 15 is 0 Å². The Balaban J connectivity index is 4.47. The summed E-state index contributed by atoms with van der Waals surface area (Å²) in [4.78, 5) is 22.3. The summed E-state index contributed by atoms with van der Waals surface area (Å²) in [5, 5.41) is 11.2. The SMILES string of the molecule is CCCCCCCC(O)/C=C/C(NC(=O)C(F)(F)F)C(=O)OC. The lowest BCUT2D eigenvalue weighted by Crippen LogP contribution is -2.46. The van der Waals surface area contributed by atoms with Crippen molar-refractivity contribution in [3.8, 4) is 0 Å². The van der Waals surface area contributed by atoms with Crippen LogP contribution in [0.2, 0.25) is 0 Å². The van der Waals surface area contributed by atoms with Crippen LogP contribution in [0.1, 0.15) is 45.4 Å². The fourth-order valence-corrected chi connectivity index (χ4v) is 1.83. The molecule has 0 heterocycles. The fraction of sp³-hybridized carbons (Fsp3) is 0.733. The Labute approximate surface area is 133 Å². The highest BCUT2D eigenvalue weighted by Crippen LogP contribution is 2.15. The number of aliphatic hydroxyl groups excluding tert-OH is 1. The predicted molar refractivity (Wildman–Crippen MR) is 78.5 cm³/mol. The van der Waals surface area contributed by atoms with Gasteiger partial charge in [0.1, 0.15) is 6.04 Å². The van der Waals surface area contributed by atoms with Crippen molar-refractivity contribution in [1.82, 2.24) is 5.32 Å². The van der Waals surface area contributed by atoms with Crippen LogP contribution in [-0.2, 0) is 14.3 Å². The molecule has 5 nitrogen and oxygen atoms in total. The number of hydrogen-bond donors (Lipinski definition) is 2. The van der Waals surface area contributed by atoms with Crippen molar-refractivity contribution < 1.29 is 32.6 Å². The molecule has 0 spiro atoms. The number of amides is 1. The van der Waals surface area contributed by atoms with E-state index in [0.717, 1.165) is 45.3 Å². The quantitative estimate of drug-likeness (QED) is 0.364. The highest BCUT2D eigenvalue weighted by molar-refractivity contribution is 5.88. The number of esters is 1. The van der Waals surface area contributed by atoms with E-state index in [2.05, 4.69) is 11.7 Å². The molecule has 0 aliphatic heterocycles. The van der Waals surface area contributed by atoms with Crippen LogP contribution in [-0.4, -0.2) is 42.4 Å². The number of methoxy groups -OCH3 is 1. The minimum atomic E-state index is -5.10. The number of alkyl halides is 3. The van der Waals surface area contributed by atoms with Gasteiger partial charge < -0.3 is 15.2 Å². The maximum atomic E-state index is 12.2. The van der Waals surface area contributed by atoms with Crippen molar-refractivity contribution >= 4 is 11.9 Å². The first kappa shape index (κ1) is 21.4. The zero-order chi connectivity index (χ0) is 17.9. The molecule has 0 aromatic rings. The van der Waals surface area contributed by atoms with Crippen LogP contribution in [0.25, 0.3) is 0 Å². The number of halogens is 3. The van der Waals surface area contributed by atoms with E-state index in [9.17, 15) is 27.9 Å². The molecule has 0 aliphatic carbocycles. The molecule has 0 aliphatic rings. The summed E-state index contributed by atoms with van der Waals surface area (Å²) in [5.41, 5.74) is 0. The van der Waals surface area contributed by atoms with Gasteiger partial charge in [0.2, 0.25) is 0 Å². The number of rotatable bonds is 10. The summed E-state index contributed by atoms with van der Waals surface area (Å²) in [6.07, 6.45) is 1.62. The molecule has 0 saturated heterocycles. The van der Waals surface area contributed by atoms with Crippen LogP contribution in [0.5, 0.6) is 0 Å². The second kappa shape index (κ2) is 11.0. The number of ether oxygens (including phenoxy) is 1. The van der Waals surface area contributed by atoms with E-state index in [-0.39, 0.29) is 0 Å². The molecule has 2 N–H and O–H groups in total. The third kappa shape index (κ3) is 9.93. The number of unbranched alkanes of at least 4 members (excludes halogenated alkanes) is 4. The number of aliphatic hydroxyl groups is 1. The first-order valence-corrected chi connectivity index (χ1v) is 7.54. The van der Waals surface area contributed by atoms with Gasteiger partial charge in [0.25, 0.3) is 0 Å². The Kier molecular flexibility index (Phi) is 10.3. The Morgan fingerprint density at radius 3 is 2.30 bits per heavy atom. The standard InChI is InChI=1S/C15H24F3NO4/c1-3-4-5-6-7-8-11(20)9-10-12(13(21)23-2)19-14(22)15(16,17)18/h9-12,20H,3-8H2,1-2H3,(H,19,22)/b10-9+. The van der Waals surface area contributed by atoms with Gasteiger partial charge in [0.05, 0.1) is 13.2 Å². The average molecular weight is 339 g/mol. The molecule has 0 saturated carbocycles. The molecule has 0 bridgehead atoms. The van der Waals surface area contributed by atoms with Crippen molar-refractivity contribution in [2.75, 3.05) is 7.11 Å². The van der Waals surface area contributed by atoms with Crippen LogP contribution < -0.4 is 5.32 Å². The topological polar surface area (TPSA) is 75.6 Å². The molecule has 134 valence electrons. The Morgan fingerprint density at radius 2 is 1.78 bits per heavy atom. The van der Waals surface area contributed by atoms with E-state index in [1.807, 2.05) is 0 Å². The summed E-state index contributed by atoms with van der Waals surface area (Å²) < 4.78 is 40.9. The zero-order valence-electron chi connectivity index (χ0n) is 13.4. The van der Waals surface area contributed by atoms with Crippen molar-refractivity contribution in [2.24, 2.45) is 0 Å². The summed E-state index contributed by atoms with van der Waals surface area (Å²) in [5.74, 6) is -3.29. The van der Waals surface area contributed by atoms with Gasteiger partial charge >= 0.3 is 18.1 Å². The fourth-order valence-electron chi connectivity index (χ4n) is 1.83. The average Bonchev–Trinajstić information content (AvgIpc) is 2.49. The van der Waals surface area contributed by atoms with Crippen LogP contribution in [0.4, 0.5) is 13.2 Å². The summed E-state index contributed by atoms with van der Waals surface area (Å²) in [6, 6.07) is -1.59. The number of nitrogens with one attached hydrogen (secondary N) is 1. The molecule has 0 aromatic carbocycles. The lowest BCUT2D eigenvalue weighted by Gasteiger charge is -2.15. The Hall–Kier alpha value is -1.57. The molecule has 8 heteroatoms. The maximum absolute atomic E-state index is 12.2. The molecule has 23 heavy (non-hydrogen) atoms. The smallest absolute Gasteiger partial charge is 0.467 e. The lowest BCUT2D eigenvalue weighted by atomic mass is 10.1. The number of carbonyl (C=O) groups excluding carboxylic acids is 2. The second-order valence-corrected chi connectivity index (χ2v) is 5.13. The highest BCUT2D eigenvalue weighted by atomic mass is 19.4. The summed E-state index contributed by atoms with van der Waals surface area (Å²) in [7, 11) is 0.993. The molecule has 0 rings (SSSR count). The summed E-state index contributed by atoms with van der Waals surface area (Å²) in [6.45, 7) is 2.08. The largest absolute Gasteiger partial charge is 0.471 e. The van der Waals surface area contributed by atoms with E-state index in [4.69, 9.17) is 0 Å². The first-order valence-electron chi connectivity index (χ1n) is 7.54. The highest BCUT2D eigenvalue weighted by Gasteiger charge is 2.40. The number of carbonyl (C=O) groups is 2. The van der Waals surface area contributed by atoms with Crippen molar-refractivity contribution in [3.05, 3.63) is 12.2 Å². The van der Waals surface area contributed by atoms with Gasteiger partial charge in [-0.3, -0.25) is 4.79 Å². The molecule has 0 fully saturated rings. The third-order valence-electron chi connectivity index (χ3n) is 3.13. The monoisotopic (exact) mass is 339 g/mol. The van der Waals surface area contributed by atoms with Gasteiger partial charge in [-0.25, -0.2) is 4.79 Å². The lowest BCUT2D eigenvalue weighted by molar-refractivity contribution is -0.175. The van der Waals surface area contributed by atoms with Gasteiger partial charge in [0.15, 0.2) is 0 Å². The molecule has 0 radical (unpaired) electrons. The molecule has 2 atom stereocenters. The molecular weight excluding hydrogens is 315 g/mol. The number of hydrogen-bond acceptors (Lipinski definition) is 4. The van der Waals surface area contributed by atoms with E-state index in [0.29, 0.717) is 6.42 Å². The molecule has 1 amide bonds. The molecule has 0 aromatic heterocycles. The van der Waals surface area contributed by atoms with Gasteiger partial charge in [-0.2, -0.15) is 13.2 Å². The minimum absolute atomic E-state index is 0.432. The van der Waals surface area contributed by atoms with Gasteiger partial charge in [-0.1, -0.05) is 51.2 Å². The van der Waals surface area contributed by atoms with Crippen molar-refractivity contribution in [1.29, 1.82) is 0 Å². The summed E-state index contributed by atoms with van der Waals surface area (Å²) >= 11 is 0. The Morgan fingerprint density at radius 1 is 1.17 bits per heavy atom. The Bertz CT molecular complexity index is 397. The van der Waals surface area contributed by atoms with Crippen LogP contribution in [0, 0.1) is 0 Å². The maximum Gasteiger partial charge on any atom is 0.471 e. The van der Waals surface area contributed by atoms with Gasteiger partial charge in [-0.05, 0) is 6.42 Å². The van der Waals surface area contributed by atoms with Crippen molar-refractivity contribution in [3.63, 3.8) is 0 Å². The van der Waals surface area contributed by atoms with Gasteiger partial charge in [0, 0.05) is 0 Å². The van der Waals surface area contributed by atoms with Crippen LogP contribution in [0.15, 0.2) is 12.2 Å². The van der Waals surface area contributed by atoms with Crippen LogP contribution in [0.3, 0.4) is 0 Å². The normalized spacial score (nSPS) is 14.5. The third-order valence-corrected chi connectivity index (χ3v) is 3.13. The van der Waals surface area contributed by atoms with Gasteiger partial charge in [-0.15, -0.1) is 0 Å². The predicted octanol–water partition coefficient (Wildman–Crippen LogP) is 2.48. The van der Waals surface area contributed by atoms with Crippen molar-refractivity contribution in [2.45, 2.75) is 63.8 Å². The van der Waals surface area contributed by atoms with E-state index in [1.54, 1.807) is 0 Å². The van der Waals surface area contributed by atoms with E-state index in [1.165, 1.54) is 11.4 Å². The molecule has 2 unspecified atom stereocenters. The first-order chi connectivity index (χ1) is 10.7. The van der Waals surface area contributed by atoms with E-state index < -0.39 is 30.2 Å². The second-order valence-electron chi connectivity index (χ2n) is 5.13. The molecular formula is C15H24F3NO4. The van der Waals surface area contributed by atoms with Crippen LogP contribution >= 0.6 is 0 Å². The zero-order valence-corrected chi connectivity index (χ0v) is 13.4. The minimum Gasteiger partial charge on any atom is -0.467 e.